The minimum absolute atomic E-state index is 0.00366. The Morgan fingerprint density at radius 3 is 2.50 bits per heavy atom. The van der Waals surface area contributed by atoms with Crippen molar-refractivity contribution >= 4 is 11.7 Å². The van der Waals surface area contributed by atoms with Crippen LogP contribution in [0.1, 0.15) is 49.4 Å². The summed E-state index contributed by atoms with van der Waals surface area (Å²) in [6, 6.07) is 7.48. The van der Waals surface area contributed by atoms with Crippen LogP contribution in [-0.2, 0) is 4.74 Å². The van der Waals surface area contributed by atoms with E-state index >= 15 is 0 Å². The summed E-state index contributed by atoms with van der Waals surface area (Å²) in [4.78, 5) is 11.6. The molecule has 0 radical (unpaired) electrons. The predicted molar refractivity (Wildman–Crippen MR) is 82.0 cm³/mol. The van der Waals surface area contributed by atoms with E-state index < -0.39 is 0 Å². The molecule has 1 saturated carbocycles. The molecule has 0 aliphatic heterocycles. The number of carbonyl (C=O) groups is 1. The third kappa shape index (κ3) is 3.41. The lowest BCUT2D eigenvalue weighted by Gasteiger charge is -2.36. The van der Waals surface area contributed by atoms with E-state index in [0.29, 0.717) is 12.2 Å². The van der Waals surface area contributed by atoms with Crippen LogP contribution in [0, 0.1) is 0 Å². The van der Waals surface area contributed by atoms with Crippen molar-refractivity contribution in [3.05, 3.63) is 42.5 Å². The van der Waals surface area contributed by atoms with Gasteiger partial charge in [0.05, 0.1) is 17.7 Å². The van der Waals surface area contributed by atoms with Crippen LogP contribution in [0.2, 0.25) is 0 Å². The molecule has 0 amide bonds. The van der Waals surface area contributed by atoms with E-state index in [2.05, 4.69) is 11.9 Å². The molecule has 0 heterocycles. The van der Waals surface area contributed by atoms with Crippen LogP contribution in [0.3, 0.4) is 0 Å². The van der Waals surface area contributed by atoms with E-state index in [0.717, 1.165) is 18.5 Å². The number of hydrogen-bond acceptors (Lipinski definition) is 3. The van der Waals surface area contributed by atoms with Gasteiger partial charge in [0.1, 0.15) is 0 Å². The van der Waals surface area contributed by atoms with Crippen LogP contribution < -0.4 is 5.32 Å². The summed E-state index contributed by atoms with van der Waals surface area (Å²) in [5, 5.41) is 3.57. The maximum atomic E-state index is 11.6. The number of nitrogens with one attached hydrogen (secondary N) is 1. The zero-order valence-electron chi connectivity index (χ0n) is 12.2. The minimum atomic E-state index is -0.268. The number of esters is 1. The highest BCUT2D eigenvalue weighted by Crippen LogP contribution is 2.32. The van der Waals surface area contributed by atoms with Crippen molar-refractivity contribution in [2.24, 2.45) is 0 Å². The average Bonchev–Trinajstić information content (AvgIpc) is 2.49. The maximum absolute atomic E-state index is 11.6. The van der Waals surface area contributed by atoms with Gasteiger partial charge in [0, 0.05) is 5.69 Å². The van der Waals surface area contributed by atoms with E-state index in [4.69, 9.17) is 4.74 Å². The second kappa shape index (κ2) is 6.60. The molecule has 20 heavy (non-hydrogen) atoms. The summed E-state index contributed by atoms with van der Waals surface area (Å²) >= 11 is 0. The first-order valence-corrected chi connectivity index (χ1v) is 7.38. The first kappa shape index (κ1) is 14.6. The Hall–Kier alpha value is -1.77. The maximum Gasteiger partial charge on any atom is 0.338 e. The summed E-state index contributed by atoms with van der Waals surface area (Å²) in [6.07, 6.45) is 8.05. The standard InChI is InChI=1S/C17H23NO2/c1-3-17(12-6-5-7-13-17)18-15-10-8-14(9-11-15)16(19)20-4-2/h3,8-11,18H,1,4-7,12-13H2,2H3. The molecular weight excluding hydrogens is 250 g/mol. The highest BCUT2D eigenvalue weighted by Gasteiger charge is 2.28. The van der Waals surface area contributed by atoms with Crippen molar-refractivity contribution in [2.45, 2.75) is 44.6 Å². The fourth-order valence-corrected chi connectivity index (χ4v) is 2.75. The van der Waals surface area contributed by atoms with Gasteiger partial charge in [-0.3, -0.25) is 0 Å². The number of anilines is 1. The van der Waals surface area contributed by atoms with Crippen molar-refractivity contribution in [2.75, 3.05) is 11.9 Å². The van der Waals surface area contributed by atoms with Gasteiger partial charge in [-0.1, -0.05) is 25.3 Å². The molecule has 108 valence electrons. The number of benzene rings is 1. The third-order valence-corrected chi connectivity index (χ3v) is 3.93. The molecule has 0 atom stereocenters. The first-order valence-electron chi connectivity index (χ1n) is 7.38. The van der Waals surface area contributed by atoms with Crippen LogP contribution in [0.15, 0.2) is 36.9 Å². The molecule has 3 nitrogen and oxygen atoms in total. The fraction of sp³-hybridized carbons (Fsp3) is 0.471. The van der Waals surface area contributed by atoms with E-state index in [1.807, 2.05) is 25.1 Å². The van der Waals surface area contributed by atoms with Gasteiger partial charge in [-0.2, -0.15) is 0 Å². The summed E-state index contributed by atoms with van der Waals surface area (Å²) in [5.41, 5.74) is 1.62. The molecule has 1 N–H and O–H groups in total. The smallest absolute Gasteiger partial charge is 0.338 e. The molecule has 0 bridgehead atoms. The van der Waals surface area contributed by atoms with Gasteiger partial charge in [0.15, 0.2) is 0 Å². The van der Waals surface area contributed by atoms with Crippen molar-refractivity contribution in [1.82, 2.24) is 0 Å². The molecule has 0 aromatic heterocycles. The summed E-state index contributed by atoms with van der Waals surface area (Å²) in [7, 11) is 0. The minimum Gasteiger partial charge on any atom is -0.462 e. The molecule has 1 aromatic rings. The molecule has 2 rings (SSSR count). The zero-order chi connectivity index (χ0) is 14.4. The molecule has 0 spiro atoms. The van der Waals surface area contributed by atoms with Crippen molar-refractivity contribution in [3.8, 4) is 0 Å². The Balaban J connectivity index is 2.06. The summed E-state index contributed by atoms with van der Waals surface area (Å²) in [6.45, 7) is 6.20. The monoisotopic (exact) mass is 273 g/mol. The lowest BCUT2D eigenvalue weighted by atomic mass is 9.81. The van der Waals surface area contributed by atoms with Crippen LogP contribution in [0.4, 0.5) is 5.69 Å². The Labute approximate surface area is 121 Å². The third-order valence-electron chi connectivity index (χ3n) is 3.93. The highest BCUT2D eigenvalue weighted by molar-refractivity contribution is 5.89. The second-order valence-corrected chi connectivity index (χ2v) is 5.34. The quantitative estimate of drug-likeness (QED) is 0.646. The number of rotatable bonds is 5. The lowest BCUT2D eigenvalue weighted by molar-refractivity contribution is 0.0526. The molecule has 0 unspecified atom stereocenters. The summed E-state index contributed by atoms with van der Waals surface area (Å²) < 4.78 is 4.98. The van der Waals surface area contributed by atoms with E-state index in [1.54, 1.807) is 12.1 Å². The first-order chi connectivity index (χ1) is 9.69. The predicted octanol–water partition coefficient (Wildman–Crippen LogP) is 4.16. The Bertz CT molecular complexity index is 458. The molecule has 1 aromatic carbocycles. The zero-order valence-corrected chi connectivity index (χ0v) is 12.2. The van der Waals surface area contributed by atoms with Gasteiger partial charge in [-0.05, 0) is 44.0 Å². The topological polar surface area (TPSA) is 38.3 Å². The SMILES string of the molecule is C=CC1(Nc2ccc(C(=O)OCC)cc2)CCCCC1. The molecule has 0 saturated heterocycles. The van der Waals surface area contributed by atoms with E-state index in [-0.39, 0.29) is 11.5 Å². The van der Waals surface area contributed by atoms with Gasteiger partial charge in [-0.15, -0.1) is 6.58 Å². The molecule has 1 aliphatic carbocycles. The van der Waals surface area contributed by atoms with Crippen molar-refractivity contribution in [3.63, 3.8) is 0 Å². The highest BCUT2D eigenvalue weighted by atomic mass is 16.5. The number of carbonyl (C=O) groups excluding carboxylic acids is 1. The van der Waals surface area contributed by atoms with Crippen molar-refractivity contribution in [1.29, 1.82) is 0 Å². The van der Waals surface area contributed by atoms with Crippen molar-refractivity contribution < 1.29 is 9.53 Å². The second-order valence-electron chi connectivity index (χ2n) is 5.34. The van der Waals surface area contributed by atoms with E-state index in [1.165, 1.54) is 19.3 Å². The largest absolute Gasteiger partial charge is 0.462 e. The lowest BCUT2D eigenvalue weighted by Crippen LogP contribution is -2.37. The Kier molecular flexibility index (Phi) is 4.83. The number of hydrogen-bond donors (Lipinski definition) is 1. The van der Waals surface area contributed by atoms with Crippen LogP contribution in [0.5, 0.6) is 0 Å². The van der Waals surface area contributed by atoms with Gasteiger partial charge < -0.3 is 10.1 Å². The van der Waals surface area contributed by atoms with Gasteiger partial charge in [0.25, 0.3) is 0 Å². The summed E-state index contributed by atoms with van der Waals surface area (Å²) in [5.74, 6) is -0.268. The normalized spacial score (nSPS) is 17.2. The molecule has 1 aliphatic rings. The molecule has 3 heteroatoms. The van der Waals surface area contributed by atoms with Gasteiger partial charge >= 0.3 is 5.97 Å². The molecule has 1 fully saturated rings. The van der Waals surface area contributed by atoms with Crippen LogP contribution in [0.25, 0.3) is 0 Å². The van der Waals surface area contributed by atoms with Gasteiger partial charge in [0.2, 0.25) is 0 Å². The Morgan fingerprint density at radius 1 is 1.30 bits per heavy atom. The Morgan fingerprint density at radius 2 is 1.95 bits per heavy atom. The molecular formula is C17H23NO2. The number of ether oxygens (including phenoxy) is 1. The van der Waals surface area contributed by atoms with Crippen LogP contribution >= 0.6 is 0 Å². The fourth-order valence-electron chi connectivity index (χ4n) is 2.75. The van der Waals surface area contributed by atoms with Crippen LogP contribution in [-0.4, -0.2) is 18.1 Å². The average molecular weight is 273 g/mol. The van der Waals surface area contributed by atoms with E-state index in [9.17, 15) is 4.79 Å². The van der Waals surface area contributed by atoms with Gasteiger partial charge in [-0.25, -0.2) is 4.79 Å².